The van der Waals surface area contributed by atoms with Crippen LogP contribution < -0.4 is 15.8 Å². The Labute approximate surface area is 196 Å². The summed E-state index contributed by atoms with van der Waals surface area (Å²) in [5.41, 5.74) is 12.7. The Kier molecular flexibility index (Phi) is 5.79. The first-order chi connectivity index (χ1) is 16.0. The number of nitrogens with two attached hydrogens (primary N) is 1. The molecule has 5 rings (SSSR count). The van der Waals surface area contributed by atoms with Crippen LogP contribution >= 0.6 is 0 Å². The summed E-state index contributed by atoms with van der Waals surface area (Å²) < 4.78 is 21.3. The molecule has 3 N–H and O–H groups in total. The van der Waals surface area contributed by atoms with Crippen LogP contribution in [0.4, 0.5) is 15.8 Å². The summed E-state index contributed by atoms with van der Waals surface area (Å²) in [4.78, 5) is 2.43. The van der Waals surface area contributed by atoms with Crippen molar-refractivity contribution in [1.29, 1.82) is 0 Å². The number of rotatable bonds is 6. The number of nitrogen functional groups attached to an aromatic ring is 1. The maximum absolute atomic E-state index is 15.4. The second kappa shape index (κ2) is 8.75. The van der Waals surface area contributed by atoms with Gasteiger partial charge >= 0.3 is 0 Å². The minimum atomic E-state index is -0.283. The highest BCUT2D eigenvalue weighted by molar-refractivity contribution is 6.55. The lowest BCUT2D eigenvalue weighted by Crippen LogP contribution is -2.26. The topological polar surface area (TPSA) is 50.5 Å². The molecular weight excluding hydrogens is 412 g/mol. The number of benzene rings is 3. The summed E-state index contributed by atoms with van der Waals surface area (Å²) in [6.45, 7) is 8.12. The zero-order chi connectivity index (χ0) is 23.0. The lowest BCUT2D eigenvalue weighted by atomic mass is 9.74. The highest BCUT2D eigenvalue weighted by atomic mass is 19.1. The predicted molar refractivity (Wildman–Crippen MR) is 135 cm³/mol. The van der Waals surface area contributed by atoms with Gasteiger partial charge in [-0.05, 0) is 53.5 Å². The molecule has 4 nitrogen and oxygen atoms in total. The van der Waals surface area contributed by atoms with Gasteiger partial charge in [-0.15, -0.1) is 0 Å². The van der Waals surface area contributed by atoms with Gasteiger partial charge in [0.1, 0.15) is 19.6 Å². The summed E-state index contributed by atoms with van der Waals surface area (Å²) in [7, 11) is 0.942. The SMILES string of the molecule is CCNc1ccc(C2(c3ccc(C)c(CN4CCOc5ccccc5C4)c3)BC2)c(F)c1N. The predicted octanol–water partition coefficient (Wildman–Crippen LogP) is 4.65. The van der Waals surface area contributed by atoms with E-state index in [1.165, 1.54) is 22.3 Å². The molecule has 2 aliphatic rings. The van der Waals surface area contributed by atoms with E-state index < -0.39 is 0 Å². The molecule has 6 heteroatoms. The molecule has 170 valence electrons. The maximum atomic E-state index is 15.4. The van der Waals surface area contributed by atoms with E-state index in [2.05, 4.69) is 47.5 Å². The minimum Gasteiger partial charge on any atom is -0.492 e. The Morgan fingerprint density at radius 3 is 2.79 bits per heavy atom. The van der Waals surface area contributed by atoms with Gasteiger partial charge in [0.25, 0.3) is 0 Å². The molecule has 0 aromatic heterocycles. The van der Waals surface area contributed by atoms with Crippen LogP contribution in [0.2, 0.25) is 6.32 Å². The summed E-state index contributed by atoms with van der Waals surface area (Å²) in [6.07, 6.45) is 0.942. The Balaban J connectivity index is 1.43. The van der Waals surface area contributed by atoms with Crippen LogP contribution in [-0.4, -0.2) is 31.9 Å². The largest absolute Gasteiger partial charge is 0.492 e. The monoisotopic (exact) mass is 443 g/mol. The van der Waals surface area contributed by atoms with Gasteiger partial charge in [0, 0.05) is 31.7 Å². The molecular formula is C27H31BFN3O. The van der Waals surface area contributed by atoms with E-state index in [0.29, 0.717) is 24.4 Å². The molecule has 0 saturated carbocycles. The van der Waals surface area contributed by atoms with Gasteiger partial charge in [-0.2, -0.15) is 0 Å². The van der Waals surface area contributed by atoms with Crippen molar-refractivity contribution in [2.45, 2.75) is 38.6 Å². The van der Waals surface area contributed by atoms with Crippen molar-refractivity contribution in [1.82, 2.24) is 4.90 Å². The van der Waals surface area contributed by atoms with E-state index in [9.17, 15) is 0 Å². The fraction of sp³-hybridized carbons (Fsp3) is 0.333. The van der Waals surface area contributed by atoms with Crippen LogP contribution in [0.5, 0.6) is 5.75 Å². The van der Waals surface area contributed by atoms with Gasteiger partial charge in [-0.25, -0.2) is 4.39 Å². The van der Waals surface area contributed by atoms with E-state index >= 15 is 4.39 Å². The van der Waals surface area contributed by atoms with E-state index in [-0.39, 0.29) is 16.8 Å². The number of hydrogen-bond acceptors (Lipinski definition) is 4. The van der Waals surface area contributed by atoms with Gasteiger partial charge in [0.15, 0.2) is 5.82 Å². The van der Waals surface area contributed by atoms with Crippen molar-refractivity contribution in [3.8, 4) is 5.75 Å². The molecule has 2 heterocycles. The number of nitrogens with zero attached hydrogens (tertiary/aromatic N) is 1. The first-order valence-corrected chi connectivity index (χ1v) is 11.9. The van der Waals surface area contributed by atoms with E-state index in [4.69, 9.17) is 10.5 Å². The molecule has 1 saturated heterocycles. The van der Waals surface area contributed by atoms with E-state index in [1.54, 1.807) is 0 Å². The van der Waals surface area contributed by atoms with Gasteiger partial charge in [-0.3, -0.25) is 4.90 Å². The third-order valence-corrected chi connectivity index (χ3v) is 7.14. The molecule has 1 unspecified atom stereocenters. The van der Waals surface area contributed by atoms with Crippen LogP contribution in [-0.2, 0) is 18.4 Å². The quantitative estimate of drug-likeness (QED) is 0.430. The number of anilines is 2. The third kappa shape index (κ3) is 4.08. The summed E-state index contributed by atoms with van der Waals surface area (Å²) in [5, 5.41) is 2.87. The Bertz CT molecular complexity index is 1180. The molecule has 33 heavy (non-hydrogen) atoms. The molecule has 3 aromatic rings. The maximum Gasteiger partial charge on any atom is 0.151 e. The summed E-state index contributed by atoms with van der Waals surface area (Å²) in [5.74, 6) is 0.700. The third-order valence-electron chi connectivity index (χ3n) is 7.14. The molecule has 2 aliphatic heterocycles. The lowest BCUT2D eigenvalue weighted by molar-refractivity contribution is 0.219. The average Bonchev–Trinajstić information content (AvgIpc) is 3.63. The molecule has 0 spiro atoms. The number of fused-ring (bicyclic) bond motifs is 1. The summed E-state index contributed by atoms with van der Waals surface area (Å²) >= 11 is 0. The van der Waals surface area contributed by atoms with Crippen LogP contribution in [0.15, 0.2) is 54.6 Å². The lowest BCUT2D eigenvalue weighted by Gasteiger charge is -2.24. The van der Waals surface area contributed by atoms with Gasteiger partial charge in [0.05, 0.1) is 11.4 Å². The highest BCUT2D eigenvalue weighted by Gasteiger charge is 2.49. The molecule has 0 radical (unpaired) electrons. The standard InChI is InChI=1S/C27H31BFN3O/c1-3-31-23-11-10-22(25(29)26(23)30)27(17-28-27)21-9-8-18(2)20(14-21)16-32-12-13-33-24-7-5-4-6-19(24)15-32/h4-11,14,28,31H,3,12-13,15-17,30H2,1-2H3. The molecule has 3 aromatic carbocycles. The Morgan fingerprint density at radius 1 is 1.18 bits per heavy atom. The van der Waals surface area contributed by atoms with Gasteiger partial charge in [-0.1, -0.05) is 48.8 Å². The van der Waals surface area contributed by atoms with E-state index in [1.807, 2.05) is 31.2 Å². The van der Waals surface area contributed by atoms with Crippen molar-refractivity contribution in [2.24, 2.45) is 0 Å². The minimum absolute atomic E-state index is 0.219. The van der Waals surface area contributed by atoms with Crippen LogP contribution in [0, 0.1) is 12.7 Å². The highest BCUT2D eigenvalue weighted by Crippen LogP contribution is 2.50. The zero-order valence-corrected chi connectivity index (χ0v) is 19.5. The molecule has 1 fully saturated rings. The fourth-order valence-electron chi connectivity index (χ4n) is 5.04. The number of nitrogens with one attached hydrogen (secondary N) is 1. The molecule has 0 aliphatic carbocycles. The van der Waals surface area contributed by atoms with Crippen LogP contribution in [0.1, 0.15) is 34.7 Å². The van der Waals surface area contributed by atoms with Crippen LogP contribution in [0.3, 0.4) is 0 Å². The number of aryl methyl sites for hydroxylation is 1. The van der Waals surface area contributed by atoms with Crippen molar-refractivity contribution in [2.75, 3.05) is 30.7 Å². The van der Waals surface area contributed by atoms with E-state index in [0.717, 1.165) is 39.0 Å². The average molecular weight is 443 g/mol. The first kappa shape index (κ1) is 21.8. The first-order valence-electron chi connectivity index (χ1n) is 11.9. The number of halogens is 1. The number of ether oxygens (including phenoxy) is 1. The normalized spacial score (nSPS) is 19.7. The zero-order valence-electron chi connectivity index (χ0n) is 19.5. The van der Waals surface area contributed by atoms with Crippen molar-refractivity contribution in [3.63, 3.8) is 0 Å². The van der Waals surface area contributed by atoms with Crippen molar-refractivity contribution >= 4 is 18.7 Å². The second-order valence-electron chi connectivity index (χ2n) is 9.31. The van der Waals surface area contributed by atoms with Crippen molar-refractivity contribution < 1.29 is 9.13 Å². The van der Waals surface area contributed by atoms with Gasteiger partial charge in [0.2, 0.25) is 0 Å². The second-order valence-corrected chi connectivity index (χ2v) is 9.31. The Morgan fingerprint density at radius 2 is 2.00 bits per heavy atom. The smallest absolute Gasteiger partial charge is 0.151 e. The molecule has 0 bridgehead atoms. The number of hydrogen-bond donors (Lipinski definition) is 2. The molecule has 0 amide bonds. The Hall–Kier alpha value is -2.99. The summed E-state index contributed by atoms with van der Waals surface area (Å²) in [6, 6.07) is 18.7. The fourth-order valence-corrected chi connectivity index (χ4v) is 5.04. The van der Waals surface area contributed by atoms with Crippen molar-refractivity contribution in [3.05, 3.63) is 88.2 Å². The van der Waals surface area contributed by atoms with Crippen LogP contribution in [0.25, 0.3) is 0 Å². The van der Waals surface area contributed by atoms with Gasteiger partial charge < -0.3 is 15.8 Å². The number of para-hydroxylation sites is 1. The molecule has 1 atom stereocenters.